The normalized spacial score (nSPS) is 11.8. The molecule has 1 rings (SSSR count). The van der Waals surface area contributed by atoms with E-state index in [1.54, 1.807) is 14.2 Å². The number of ether oxygens (including phenoxy) is 2. The third-order valence-electron chi connectivity index (χ3n) is 2.59. The first-order chi connectivity index (χ1) is 8.76. The van der Waals surface area contributed by atoms with Crippen LogP contribution in [0.5, 0.6) is 0 Å². The molecule has 1 N–H and O–H groups in total. The largest absolute Gasteiger partial charge is 0.383 e. The summed E-state index contributed by atoms with van der Waals surface area (Å²) in [6.07, 6.45) is 2.19. The van der Waals surface area contributed by atoms with Crippen LogP contribution in [-0.4, -0.2) is 33.9 Å². The van der Waals surface area contributed by atoms with Crippen LogP contribution in [0.3, 0.4) is 0 Å². The second-order valence-electron chi connectivity index (χ2n) is 4.33. The molecule has 0 aliphatic heterocycles. The lowest BCUT2D eigenvalue weighted by molar-refractivity contribution is 0.185. The minimum Gasteiger partial charge on any atom is -0.383 e. The average molecular weight is 249 g/mol. The highest BCUT2D eigenvalue weighted by molar-refractivity contribution is 5.53. The summed E-state index contributed by atoms with van der Waals surface area (Å²) in [7, 11) is 3.43. The minimum atomic E-state index is 0.668. The highest BCUT2D eigenvalue weighted by Gasteiger charge is 1.94. The number of nitrogens with one attached hydrogen (secondary N) is 1. The van der Waals surface area contributed by atoms with Crippen LogP contribution in [0.2, 0.25) is 0 Å². The van der Waals surface area contributed by atoms with E-state index in [1.165, 1.54) is 16.7 Å². The molecule has 0 atom stereocenters. The molecule has 1 aromatic rings. The molecule has 0 fully saturated rings. The van der Waals surface area contributed by atoms with Crippen molar-refractivity contribution in [3.8, 4) is 0 Å². The number of benzene rings is 1. The molecule has 100 valence electrons. The molecule has 18 heavy (non-hydrogen) atoms. The first kappa shape index (κ1) is 14.9. The minimum absolute atomic E-state index is 0.668. The van der Waals surface area contributed by atoms with Gasteiger partial charge in [0.1, 0.15) is 0 Å². The summed E-state index contributed by atoms with van der Waals surface area (Å²) in [5.74, 6) is 0. The van der Waals surface area contributed by atoms with Crippen molar-refractivity contribution in [2.45, 2.75) is 13.5 Å². The predicted octanol–water partition coefficient (Wildman–Crippen LogP) is 2.47. The molecule has 0 radical (unpaired) electrons. The fourth-order valence-corrected chi connectivity index (χ4v) is 1.67. The van der Waals surface area contributed by atoms with Crippen molar-refractivity contribution in [3.63, 3.8) is 0 Å². The summed E-state index contributed by atoms with van der Waals surface area (Å²) in [5.41, 5.74) is 3.73. The van der Waals surface area contributed by atoms with Crippen LogP contribution in [0, 0.1) is 0 Å². The molecule has 1 aromatic carbocycles. The fourth-order valence-electron chi connectivity index (χ4n) is 1.67. The second-order valence-corrected chi connectivity index (χ2v) is 4.33. The Morgan fingerprint density at radius 1 is 1.17 bits per heavy atom. The molecular weight excluding hydrogens is 226 g/mol. The summed E-state index contributed by atoms with van der Waals surface area (Å²) < 4.78 is 10.1. The molecule has 0 spiro atoms. The molecular formula is C15H23NO2. The van der Waals surface area contributed by atoms with Crippen molar-refractivity contribution in [2.24, 2.45) is 0 Å². The van der Waals surface area contributed by atoms with Gasteiger partial charge in [-0.1, -0.05) is 35.9 Å². The first-order valence-corrected chi connectivity index (χ1v) is 6.21. The third-order valence-corrected chi connectivity index (χ3v) is 2.59. The molecule has 3 heteroatoms. The van der Waals surface area contributed by atoms with Gasteiger partial charge in [-0.2, -0.15) is 0 Å². The van der Waals surface area contributed by atoms with E-state index in [9.17, 15) is 0 Å². The molecule has 0 saturated heterocycles. The maximum absolute atomic E-state index is 5.09. The zero-order chi connectivity index (χ0) is 13.2. The lowest BCUT2D eigenvalue weighted by Gasteiger charge is -2.05. The monoisotopic (exact) mass is 249 g/mol. The average Bonchev–Trinajstić information content (AvgIpc) is 2.37. The van der Waals surface area contributed by atoms with Crippen molar-refractivity contribution < 1.29 is 9.47 Å². The maximum atomic E-state index is 5.09. The Morgan fingerprint density at radius 2 is 1.89 bits per heavy atom. The van der Waals surface area contributed by atoms with Gasteiger partial charge >= 0.3 is 0 Å². The third kappa shape index (κ3) is 5.96. The molecule has 0 unspecified atom stereocenters. The van der Waals surface area contributed by atoms with Crippen molar-refractivity contribution >= 4 is 6.08 Å². The Hall–Kier alpha value is -1.16. The predicted molar refractivity (Wildman–Crippen MR) is 75.6 cm³/mol. The van der Waals surface area contributed by atoms with Gasteiger partial charge in [-0.3, -0.25) is 0 Å². The van der Waals surface area contributed by atoms with Crippen molar-refractivity contribution in [3.05, 3.63) is 41.0 Å². The van der Waals surface area contributed by atoms with Gasteiger partial charge in [0.15, 0.2) is 0 Å². The van der Waals surface area contributed by atoms with Crippen LogP contribution in [0.1, 0.15) is 18.1 Å². The van der Waals surface area contributed by atoms with E-state index in [1.807, 2.05) is 0 Å². The standard InChI is InChI=1S/C15H23NO2/c1-13(11-16-8-9-17-2)10-14-4-6-15(7-5-14)12-18-3/h4-7,10,16H,8-9,11-12H2,1-3H3. The van der Waals surface area contributed by atoms with E-state index in [-0.39, 0.29) is 0 Å². The molecule has 0 saturated carbocycles. The van der Waals surface area contributed by atoms with E-state index >= 15 is 0 Å². The van der Waals surface area contributed by atoms with Gasteiger partial charge in [-0.15, -0.1) is 0 Å². The molecule has 0 aliphatic carbocycles. The maximum Gasteiger partial charge on any atom is 0.0713 e. The molecule has 3 nitrogen and oxygen atoms in total. The Labute approximate surface area is 110 Å². The Morgan fingerprint density at radius 3 is 2.50 bits per heavy atom. The summed E-state index contributed by atoms with van der Waals surface area (Å²) in [5, 5.41) is 3.32. The number of hydrogen-bond donors (Lipinski definition) is 1. The summed E-state index contributed by atoms with van der Waals surface area (Å²) in [6.45, 7) is 5.32. The van der Waals surface area contributed by atoms with Crippen molar-refractivity contribution in [1.29, 1.82) is 0 Å². The topological polar surface area (TPSA) is 30.5 Å². The highest BCUT2D eigenvalue weighted by Crippen LogP contribution is 2.09. The van der Waals surface area contributed by atoms with E-state index < -0.39 is 0 Å². The van der Waals surface area contributed by atoms with Crippen LogP contribution >= 0.6 is 0 Å². The van der Waals surface area contributed by atoms with Gasteiger partial charge in [-0.25, -0.2) is 0 Å². The summed E-state index contributed by atoms with van der Waals surface area (Å²) >= 11 is 0. The zero-order valence-electron chi connectivity index (χ0n) is 11.5. The molecule has 0 bridgehead atoms. The van der Waals surface area contributed by atoms with E-state index in [0.29, 0.717) is 6.61 Å². The summed E-state index contributed by atoms with van der Waals surface area (Å²) in [6, 6.07) is 8.43. The van der Waals surface area contributed by atoms with Crippen LogP contribution in [0.4, 0.5) is 0 Å². The zero-order valence-corrected chi connectivity index (χ0v) is 11.5. The van der Waals surface area contributed by atoms with Gasteiger partial charge in [0.2, 0.25) is 0 Å². The molecule has 0 aliphatic rings. The molecule has 0 amide bonds. The molecule has 0 aromatic heterocycles. The van der Waals surface area contributed by atoms with Crippen LogP contribution in [0.15, 0.2) is 29.8 Å². The van der Waals surface area contributed by atoms with Gasteiger partial charge in [0.25, 0.3) is 0 Å². The smallest absolute Gasteiger partial charge is 0.0713 e. The van der Waals surface area contributed by atoms with Gasteiger partial charge < -0.3 is 14.8 Å². The number of hydrogen-bond acceptors (Lipinski definition) is 3. The van der Waals surface area contributed by atoms with E-state index in [4.69, 9.17) is 9.47 Å². The van der Waals surface area contributed by atoms with Gasteiger partial charge in [0, 0.05) is 27.3 Å². The fraction of sp³-hybridized carbons (Fsp3) is 0.467. The van der Waals surface area contributed by atoms with Gasteiger partial charge in [-0.05, 0) is 18.1 Å². The Kier molecular flexibility index (Phi) is 7.34. The van der Waals surface area contributed by atoms with E-state index in [0.717, 1.165) is 19.7 Å². The first-order valence-electron chi connectivity index (χ1n) is 6.21. The van der Waals surface area contributed by atoms with Crippen molar-refractivity contribution in [2.75, 3.05) is 33.9 Å². The highest BCUT2D eigenvalue weighted by atomic mass is 16.5. The van der Waals surface area contributed by atoms with Crippen LogP contribution < -0.4 is 5.32 Å². The number of rotatable bonds is 8. The van der Waals surface area contributed by atoms with Gasteiger partial charge in [0.05, 0.1) is 13.2 Å². The van der Waals surface area contributed by atoms with Crippen LogP contribution in [-0.2, 0) is 16.1 Å². The van der Waals surface area contributed by atoms with E-state index in [2.05, 4.69) is 42.6 Å². The number of methoxy groups -OCH3 is 2. The Bertz CT molecular complexity index is 357. The van der Waals surface area contributed by atoms with Crippen molar-refractivity contribution in [1.82, 2.24) is 5.32 Å². The second kappa shape index (κ2) is 8.86. The SMILES string of the molecule is COCCNCC(C)=Cc1ccc(COC)cc1. The molecule has 0 heterocycles. The Balaban J connectivity index is 2.43. The summed E-state index contributed by atoms with van der Waals surface area (Å²) in [4.78, 5) is 0. The quantitative estimate of drug-likeness (QED) is 0.718. The lowest BCUT2D eigenvalue weighted by atomic mass is 10.1. The van der Waals surface area contributed by atoms with Crippen LogP contribution in [0.25, 0.3) is 6.08 Å². The lowest BCUT2D eigenvalue weighted by Crippen LogP contribution is -2.20.